The number of aromatic nitrogens is 2. The summed E-state index contributed by atoms with van der Waals surface area (Å²) < 4.78 is 10.1. The zero-order valence-corrected chi connectivity index (χ0v) is 23.1. The minimum Gasteiger partial charge on any atom is -1.00 e. The molecule has 2 aromatic carbocycles. The van der Waals surface area contributed by atoms with Crippen LogP contribution in [0.15, 0.2) is 67.0 Å². The standard InChI is InChI=1S/C30H39N2O3.BrH/c1-24-15-17-26(18-16-24)23-32-21-20-31(25(32)2)19-10-22-35-29(33)30(34,28-13-8-5-9-14-28)27-11-6-3-4-7-12-27;/h5,8-9,13-18,20-21,27,34H,3-4,6-7,10-12,19,22-23H2,1-2H3;1H/q+1;/p-1. The van der Waals surface area contributed by atoms with E-state index < -0.39 is 11.6 Å². The smallest absolute Gasteiger partial charge is 0.343 e. The number of ether oxygens (including phenoxy) is 1. The highest BCUT2D eigenvalue weighted by Crippen LogP contribution is 2.39. The molecule has 1 aliphatic carbocycles. The number of benzene rings is 2. The molecule has 0 radical (unpaired) electrons. The highest BCUT2D eigenvalue weighted by molar-refractivity contribution is 5.81. The molecule has 1 N–H and O–H groups in total. The number of aryl methyl sites for hydroxylation is 2. The molecule has 1 heterocycles. The molecule has 0 saturated heterocycles. The van der Waals surface area contributed by atoms with Crippen LogP contribution in [0.3, 0.4) is 0 Å². The molecule has 1 atom stereocenters. The molecule has 1 saturated carbocycles. The number of hydrogen-bond donors (Lipinski definition) is 1. The average Bonchev–Trinajstić information content (AvgIpc) is 3.06. The number of hydrogen-bond acceptors (Lipinski definition) is 3. The van der Waals surface area contributed by atoms with Gasteiger partial charge in [0, 0.05) is 19.3 Å². The van der Waals surface area contributed by atoms with E-state index in [0.717, 1.165) is 57.4 Å². The second kappa shape index (κ2) is 13.2. The first-order valence-corrected chi connectivity index (χ1v) is 13.0. The van der Waals surface area contributed by atoms with Crippen LogP contribution in [0.2, 0.25) is 0 Å². The Morgan fingerprint density at radius 2 is 1.69 bits per heavy atom. The Morgan fingerprint density at radius 1 is 1.03 bits per heavy atom. The van der Waals surface area contributed by atoms with E-state index in [1.807, 2.05) is 30.3 Å². The van der Waals surface area contributed by atoms with Gasteiger partial charge < -0.3 is 26.8 Å². The van der Waals surface area contributed by atoms with Crippen molar-refractivity contribution in [1.82, 2.24) is 4.57 Å². The van der Waals surface area contributed by atoms with E-state index in [4.69, 9.17) is 4.74 Å². The van der Waals surface area contributed by atoms with Crippen molar-refractivity contribution in [3.05, 3.63) is 89.5 Å². The Hall–Kier alpha value is -2.44. The predicted octanol–water partition coefficient (Wildman–Crippen LogP) is 2.24. The number of rotatable bonds is 9. The summed E-state index contributed by atoms with van der Waals surface area (Å²) in [7, 11) is 0. The van der Waals surface area contributed by atoms with Crippen LogP contribution in [-0.4, -0.2) is 22.2 Å². The molecule has 36 heavy (non-hydrogen) atoms. The summed E-state index contributed by atoms with van der Waals surface area (Å²) in [6.45, 7) is 6.09. The zero-order chi connectivity index (χ0) is 24.7. The van der Waals surface area contributed by atoms with Gasteiger partial charge in [-0.25, -0.2) is 13.9 Å². The topological polar surface area (TPSA) is 55.3 Å². The maximum Gasteiger partial charge on any atom is 0.343 e. The summed E-state index contributed by atoms with van der Waals surface area (Å²) in [4.78, 5) is 13.3. The van der Waals surface area contributed by atoms with Gasteiger partial charge >= 0.3 is 5.97 Å². The summed E-state index contributed by atoms with van der Waals surface area (Å²) in [5.41, 5.74) is 1.61. The van der Waals surface area contributed by atoms with E-state index in [0.29, 0.717) is 12.0 Å². The monoisotopic (exact) mass is 554 g/mol. The lowest BCUT2D eigenvalue weighted by molar-refractivity contribution is -0.694. The molecule has 1 aliphatic rings. The van der Waals surface area contributed by atoms with Crippen LogP contribution in [0.1, 0.15) is 67.5 Å². The van der Waals surface area contributed by atoms with Crippen LogP contribution in [-0.2, 0) is 28.2 Å². The molecule has 1 unspecified atom stereocenters. The maximum absolute atomic E-state index is 13.3. The van der Waals surface area contributed by atoms with Crippen LogP contribution in [0, 0.1) is 19.8 Å². The summed E-state index contributed by atoms with van der Waals surface area (Å²) in [6.07, 6.45) is 11.0. The fourth-order valence-corrected chi connectivity index (χ4v) is 5.25. The second-order valence-corrected chi connectivity index (χ2v) is 9.96. The van der Waals surface area contributed by atoms with Crippen molar-refractivity contribution in [3.8, 4) is 0 Å². The predicted molar refractivity (Wildman–Crippen MR) is 137 cm³/mol. The quantitative estimate of drug-likeness (QED) is 0.191. The van der Waals surface area contributed by atoms with Crippen LogP contribution in [0.5, 0.6) is 0 Å². The largest absolute Gasteiger partial charge is 1.00 e. The molecule has 0 amide bonds. The van der Waals surface area contributed by atoms with Gasteiger partial charge in [-0.1, -0.05) is 85.8 Å². The maximum atomic E-state index is 13.3. The highest BCUT2D eigenvalue weighted by atomic mass is 79.9. The molecule has 1 fully saturated rings. The van der Waals surface area contributed by atoms with Crippen LogP contribution >= 0.6 is 0 Å². The van der Waals surface area contributed by atoms with E-state index in [-0.39, 0.29) is 29.5 Å². The first-order chi connectivity index (χ1) is 17.0. The molecular weight excluding hydrogens is 516 g/mol. The lowest BCUT2D eigenvalue weighted by atomic mass is 9.77. The van der Waals surface area contributed by atoms with Crippen molar-refractivity contribution < 1.29 is 36.2 Å². The molecule has 1 aromatic heterocycles. The zero-order valence-electron chi connectivity index (χ0n) is 21.5. The minimum absolute atomic E-state index is 0. The van der Waals surface area contributed by atoms with Crippen molar-refractivity contribution in [2.75, 3.05) is 6.61 Å². The molecule has 3 aromatic rings. The minimum atomic E-state index is -1.58. The lowest BCUT2D eigenvalue weighted by Crippen LogP contribution is -3.00. The van der Waals surface area contributed by atoms with Gasteiger partial charge in [-0.2, -0.15) is 0 Å². The normalized spacial score (nSPS) is 16.0. The Kier molecular flexibility index (Phi) is 10.3. The van der Waals surface area contributed by atoms with Crippen molar-refractivity contribution >= 4 is 5.97 Å². The van der Waals surface area contributed by atoms with Gasteiger partial charge in [0.05, 0.1) is 13.2 Å². The lowest BCUT2D eigenvalue weighted by Gasteiger charge is -2.34. The molecule has 0 bridgehead atoms. The average molecular weight is 556 g/mol. The number of imidazole rings is 1. The third kappa shape index (κ3) is 6.65. The second-order valence-electron chi connectivity index (χ2n) is 9.96. The van der Waals surface area contributed by atoms with Crippen molar-refractivity contribution in [1.29, 1.82) is 0 Å². The van der Waals surface area contributed by atoms with Crippen molar-refractivity contribution in [3.63, 3.8) is 0 Å². The molecular formula is C30H39BrN2O3. The van der Waals surface area contributed by atoms with Crippen LogP contribution < -0.4 is 21.5 Å². The number of carbonyl (C=O) groups is 1. The summed E-state index contributed by atoms with van der Waals surface area (Å²) in [6, 6.07) is 18.0. The van der Waals surface area contributed by atoms with E-state index in [9.17, 15) is 9.90 Å². The van der Waals surface area contributed by atoms with Crippen molar-refractivity contribution in [2.24, 2.45) is 5.92 Å². The van der Waals surface area contributed by atoms with Crippen LogP contribution in [0.4, 0.5) is 0 Å². The van der Waals surface area contributed by atoms with Gasteiger partial charge in [0.1, 0.15) is 18.9 Å². The van der Waals surface area contributed by atoms with E-state index in [1.165, 1.54) is 11.1 Å². The number of carbonyl (C=O) groups excluding carboxylic acids is 1. The number of halogens is 1. The summed E-state index contributed by atoms with van der Waals surface area (Å²) in [5, 5.41) is 11.7. The third-order valence-electron chi connectivity index (χ3n) is 7.48. The van der Waals surface area contributed by atoms with Gasteiger partial charge in [-0.05, 0) is 30.9 Å². The van der Waals surface area contributed by atoms with E-state index in [2.05, 4.69) is 59.6 Å². The third-order valence-corrected chi connectivity index (χ3v) is 7.48. The van der Waals surface area contributed by atoms with Gasteiger partial charge in [-0.15, -0.1) is 0 Å². The van der Waals surface area contributed by atoms with Crippen molar-refractivity contribution in [2.45, 2.75) is 77.5 Å². The van der Waals surface area contributed by atoms with Gasteiger partial charge in [0.15, 0.2) is 5.60 Å². The Bertz CT molecular complexity index is 1090. The Balaban J connectivity index is 0.00000361. The number of esters is 1. The number of aliphatic hydroxyl groups is 1. The summed E-state index contributed by atoms with van der Waals surface area (Å²) >= 11 is 0. The SMILES string of the molecule is Cc1ccc(C[n+]2ccn(CCCOC(=O)C(O)(c3ccccc3)C3CCCCCC3)c2C)cc1.[Br-]. The molecule has 6 heteroatoms. The van der Waals surface area contributed by atoms with E-state index in [1.54, 1.807) is 0 Å². The molecule has 5 nitrogen and oxygen atoms in total. The number of nitrogens with zero attached hydrogens (tertiary/aromatic N) is 2. The molecule has 194 valence electrons. The molecule has 4 rings (SSSR count). The molecule has 0 aliphatic heterocycles. The Labute approximate surface area is 225 Å². The highest BCUT2D eigenvalue weighted by Gasteiger charge is 2.46. The van der Waals surface area contributed by atoms with E-state index >= 15 is 0 Å². The molecule has 0 spiro atoms. The fraction of sp³-hybridized carbons (Fsp3) is 0.467. The van der Waals surface area contributed by atoms with Crippen LogP contribution in [0.25, 0.3) is 0 Å². The van der Waals surface area contributed by atoms with Gasteiger partial charge in [-0.3, -0.25) is 0 Å². The van der Waals surface area contributed by atoms with Gasteiger partial charge in [0.25, 0.3) is 5.82 Å². The first kappa shape index (κ1) is 28.1. The first-order valence-electron chi connectivity index (χ1n) is 13.0. The Morgan fingerprint density at radius 3 is 2.36 bits per heavy atom. The van der Waals surface area contributed by atoms with Gasteiger partial charge in [0.2, 0.25) is 0 Å². The summed E-state index contributed by atoms with van der Waals surface area (Å²) in [5.74, 6) is 0.553. The fourth-order valence-electron chi connectivity index (χ4n) is 5.25.